The summed E-state index contributed by atoms with van der Waals surface area (Å²) in [5.74, 6) is -0.677. The number of amides is 2. The number of ether oxygens (including phenoxy) is 1. The molecule has 0 spiro atoms. The summed E-state index contributed by atoms with van der Waals surface area (Å²) in [7, 11) is 0. The number of nitrogens with zero attached hydrogens (tertiary/aromatic N) is 1. The quantitative estimate of drug-likeness (QED) is 0.660. The van der Waals surface area contributed by atoms with Gasteiger partial charge >= 0.3 is 6.09 Å². The van der Waals surface area contributed by atoms with Gasteiger partial charge in [-0.1, -0.05) is 30.3 Å². The number of carbonyl (C=O) groups is 2. The fourth-order valence-electron chi connectivity index (χ4n) is 1.78. The van der Waals surface area contributed by atoms with Crippen molar-refractivity contribution in [2.75, 3.05) is 6.54 Å². The summed E-state index contributed by atoms with van der Waals surface area (Å²) in [4.78, 5) is 25.0. The molecule has 1 aromatic rings. The van der Waals surface area contributed by atoms with Gasteiger partial charge in [-0.2, -0.15) is 0 Å². The Morgan fingerprint density at radius 2 is 1.86 bits per heavy atom. The number of hydrogen-bond donors (Lipinski definition) is 2. The van der Waals surface area contributed by atoms with E-state index in [1.165, 1.54) is 10.4 Å². The summed E-state index contributed by atoms with van der Waals surface area (Å²) in [6.45, 7) is 6.76. The molecule has 0 aliphatic carbocycles. The Labute approximate surface area is 124 Å². The molecule has 1 atom stereocenters. The Balaban J connectivity index is 2.96. The van der Waals surface area contributed by atoms with Crippen LogP contribution in [0.4, 0.5) is 4.79 Å². The van der Waals surface area contributed by atoms with Gasteiger partial charge in [-0.3, -0.25) is 14.9 Å². The summed E-state index contributed by atoms with van der Waals surface area (Å²) in [5, 5.41) is 8.67. The second-order valence-corrected chi connectivity index (χ2v) is 5.73. The van der Waals surface area contributed by atoms with E-state index in [2.05, 4.69) is 0 Å². The Bertz CT molecular complexity index is 482. The third-order valence-electron chi connectivity index (χ3n) is 2.82. The number of rotatable bonds is 4. The third kappa shape index (κ3) is 5.43. The van der Waals surface area contributed by atoms with Crippen LogP contribution in [0.2, 0.25) is 0 Å². The van der Waals surface area contributed by atoms with Crippen molar-refractivity contribution in [3.63, 3.8) is 0 Å². The molecule has 21 heavy (non-hydrogen) atoms. The molecule has 0 bridgehead atoms. The largest absolute Gasteiger partial charge is 0.444 e. The zero-order valence-corrected chi connectivity index (χ0v) is 12.8. The van der Waals surface area contributed by atoms with Crippen molar-refractivity contribution >= 4 is 12.0 Å². The van der Waals surface area contributed by atoms with E-state index in [9.17, 15) is 9.59 Å². The van der Waals surface area contributed by atoms with E-state index in [0.29, 0.717) is 0 Å². The number of benzene rings is 1. The van der Waals surface area contributed by atoms with Crippen molar-refractivity contribution in [1.29, 1.82) is 0 Å². The molecule has 2 N–H and O–H groups in total. The normalized spacial score (nSPS) is 12.4. The van der Waals surface area contributed by atoms with Gasteiger partial charge in [-0.15, -0.1) is 0 Å². The lowest BCUT2D eigenvalue weighted by molar-refractivity contribution is -0.130. The predicted octanol–water partition coefficient (Wildman–Crippen LogP) is 2.49. The highest BCUT2D eigenvalue weighted by Crippen LogP contribution is 2.22. The first-order valence-corrected chi connectivity index (χ1v) is 6.72. The van der Waals surface area contributed by atoms with Crippen LogP contribution in [-0.2, 0) is 9.53 Å². The van der Waals surface area contributed by atoms with Gasteiger partial charge < -0.3 is 4.74 Å². The molecule has 0 heterocycles. The third-order valence-corrected chi connectivity index (χ3v) is 2.82. The van der Waals surface area contributed by atoms with Crippen molar-refractivity contribution in [3.05, 3.63) is 35.9 Å². The SMILES string of the molecule is C[C@@H](c1ccccc1)N(CC(=O)NO)C(=O)OC(C)(C)C. The zero-order valence-electron chi connectivity index (χ0n) is 12.8. The Morgan fingerprint density at radius 1 is 1.29 bits per heavy atom. The van der Waals surface area contributed by atoms with Gasteiger partial charge in [0.1, 0.15) is 12.1 Å². The first kappa shape index (κ1) is 17.0. The highest BCUT2D eigenvalue weighted by molar-refractivity contribution is 5.81. The topological polar surface area (TPSA) is 78.9 Å². The van der Waals surface area contributed by atoms with E-state index in [4.69, 9.17) is 9.94 Å². The summed E-state index contributed by atoms with van der Waals surface area (Å²) in [5.41, 5.74) is 1.74. The molecule has 116 valence electrons. The van der Waals surface area contributed by atoms with E-state index in [0.717, 1.165) is 5.56 Å². The average molecular weight is 294 g/mol. The molecule has 6 heteroatoms. The maximum atomic E-state index is 12.3. The summed E-state index contributed by atoms with van der Waals surface area (Å²) in [6.07, 6.45) is -0.609. The minimum atomic E-state index is -0.677. The molecule has 0 aliphatic rings. The Kier molecular flexibility index (Phi) is 5.72. The molecule has 0 unspecified atom stereocenters. The molecule has 0 saturated heterocycles. The van der Waals surface area contributed by atoms with Gasteiger partial charge in [-0.05, 0) is 33.3 Å². The smallest absolute Gasteiger partial charge is 0.411 e. The van der Waals surface area contributed by atoms with E-state index < -0.39 is 17.6 Å². The van der Waals surface area contributed by atoms with Crippen LogP contribution in [0.3, 0.4) is 0 Å². The lowest BCUT2D eigenvalue weighted by Gasteiger charge is -2.31. The van der Waals surface area contributed by atoms with Gasteiger partial charge in [0.2, 0.25) is 0 Å². The van der Waals surface area contributed by atoms with E-state index >= 15 is 0 Å². The van der Waals surface area contributed by atoms with Crippen molar-refractivity contribution in [3.8, 4) is 0 Å². The van der Waals surface area contributed by atoms with Crippen molar-refractivity contribution in [2.24, 2.45) is 0 Å². The molecular formula is C15H22N2O4. The fraction of sp³-hybridized carbons (Fsp3) is 0.467. The molecule has 0 saturated carbocycles. The molecule has 1 aromatic carbocycles. The molecule has 1 rings (SSSR count). The fourth-order valence-corrected chi connectivity index (χ4v) is 1.78. The predicted molar refractivity (Wildman–Crippen MR) is 77.7 cm³/mol. The van der Waals surface area contributed by atoms with Gasteiger partial charge in [0.15, 0.2) is 0 Å². The molecule has 0 fully saturated rings. The first-order chi connectivity index (χ1) is 9.74. The van der Waals surface area contributed by atoms with E-state index in [-0.39, 0.29) is 12.6 Å². The van der Waals surface area contributed by atoms with Crippen LogP contribution in [0, 0.1) is 0 Å². The van der Waals surface area contributed by atoms with Gasteiger partial charge in [0.05, 0.1) is 6.04 Å². The highest BCUT2D eigenvalue weighted by Gasteiger charge is 2.28. The van der Waals surface area contributed by atoms with Crippen LogP contribution in [0.5, 0.6) is 0 Å². The number of hydrogen-bond acceptors (Lipinski definition) is 4. The number of carbonyl (C=O) groups excluding carboxylic acids is 2. The first-order valence-electron chi connectivity index (χ1n) is 6.72. The van der Waals surface area contributed by atoms with Crippen molar-refractivity contribution in [2.45, 2.75) is 39.3 Å². The molecular weight excluding hydrogens is 272 g/mol. The average Bonchev–Trinajstić information content (AvgIpc) is 2.42. The van der Waals surface area contributed by atoms with Crippen LogP contribution >= 0.6 is 0 Å². The maximum Gasteiger partial charge on any atom is 0.411 e. The minimum Gasteiger partial charge on any atom is -0.444 e. The standard InChI is InChI=1S/C15H22N2O4/c1-11(12-8-6-5-7-9-12)17(10-13(18)16-20)14(19)21-15(2,3)4/h5-9,11,20H,10H2,1-4H3,(H,16,18)/t11-/m0/s1. The molecule has 0 aromatic heterocycles. The summed E-state index contributed by atoms with van der Waals surface area (Å²) < 4.78 is 5.31. The molecule has 6 nitrogen and oxygen atoms in total. The highest BCUT2D eigenvalue weighted by atomic mass is 16.6. The molecule has 0 radical (unpaired) electrons. The van der Waals surface area contributed by atoms with Crippen LogP contribution in [0.1, 0.15) is 39.3 Å². The van der Waals surface area contributed by atoms with Crippen LogP contribution in [-0.4, -0.2) is 34.3 Å². The van der Waals surface area contributed by atoms with Gasteiger partial charge in [0.25, 0.3) is 5.91 Å². The summed E-state index contributed by atoms with van der Waals surface area (Å²) >= 11 is 0. The van der Waals surface area contributed by atoms with Crippen LogP contribution < -0.4 is 5.48 Å². The van der Waals surface area contributed by atoms with Crippen LogP contribution in [0.25, 0.3) is 0 Å². The summed E-state index contributed by atoms with van der Waals surface area (Å²) in [6, 6.07) is 8.93. The second-order valence-electron chi connectivity index (χ2n) is 5.73. The van der Waals surface area contributed by atoms with Gasteiger partial charge in [0, 0.05) is 0 Å². The second kappa shape index (κ2) is 7.08. The lowest BCUT2D eigenvalue weighted by atomic mass is 10.1. The lowest BCUT2D eigenvalue weighted by Crippen LogP contribution is -2.43. The minimum absolute atomic E-state index is 0.290. The molecule has 0 aliphatic heterocycles. The van der Waals surface area contributed by atoms with Crippen LogP contribution in [0.15, 0.2) is 30.3 Å². The van der Waals surface area contributed by atoms with E-state index in [1.807, 2.05) is 30.3 Å². The Hall–Kier alpha value is -2.08. The van der Waals surface area contributed by atoms with Gasteiger partial charge in [-0.25, -0.2) is 10.3 Å². The zero-order chi connectivity index (χ0) is 16.0. The monoisotopic (exact) mass is 294 g/mol. The Morgan fingerprint density at radius 3 is 2.33 bits per heavy atom. The maximum absolute atomic E-state index is 12.3. The van der Waals surface area contributed by atoms with E-state index in [1.54, 1.807) is 27.7 Å². The van der Waals surface area contributed by atoms with Crippen molar-refractivity contribution in [1.82, 2.24) is 10.4 Å². The van der Waals surface area contributed by atoms with Crippen molar-refractivity contribution < 1.29 is 19.5 Å². The number of nitrogens with one attached hydrogen (secondary N) is 1. The molecule has 2 amide bonds. The number of hydroxylamine groups is 1.